The van der Waals surface area contributed by atoms with Gasteiger partial charge in [-0.25, -0.2) is 0 Å². The highest BCUT2D eigenvalue weighted by Crippen LogP contribution is 2.41. The van der Waals surface area contributed by atoms with Gasteiger partial charge in [0.1, 0.15) is 35.4 Å². The summed E-state index contributed by atoms with van der Waals surface area (Å²) in [7, 11) is 8.93. The topological polar surface area (TPSA) is 178 Å². The van der Waals surface area contributed by atoms with Crippen LogP contribution in [0.5, 0.6) is 11.5 Å². The zero-order chi connectivity index (χ0) is 45.1. The van der Waals surface area contributed by atoms with E-state index < -0.39 is 96.0 Å². The minimum atomic E-state index is -1.81. The number of likely N-dealkylation sites (N-methyl/N-ethyl adjacent to an activating group) is 2. The van der Waals surface area contributed by atoms with Crippen molar-refractivity contribution in [2.45, 2.75) is 185 Å². The van der Waals surface area contributed by atoms with Crippen molar-refractivity contribution in [2.75, 3.05) is 41.9 Å². The molecule has 0 spiro atoms. The number of benzene rings is 1. The van der Waals surface area contributed by atoms with Crippen molar-refractivity contribution in [3.05, 3.63) is 24.3 Å². The van der Waals surface area contributed by atoms with Gasteiger partial charge in [0.15, 0.2) is 18.7 Å². The summed E-state index contributed by atoms with van der Waals surface area (Å²) in [6.45, 7) is 18.3. The molecule has 15 heteroatoms. The number of methoxy groups -OCH3 is 2. The molecular formula is C45H78N2O13. The minimum Gasteiger partial charge on any atom is -0.497 e. The molecule has 0 bridgehead atoms. The van der Waals surface area contributed by atoms with Gasteiger partial charge in [0, 0.05) is 38.1 Å². The molecule has 0 amide bonds. The Balaban J connectivity index is 1.88. The minimum absolute atomic E-state index is 0.131. The quantitative estimate of drug-likeness (QED) is 0.248. The molecule has 3 fully saturated rings. The number of hydrogen-bond donors (Lipinski definition) is 4. The number of aliphatic hydroxyl groups excluding tert-OH is 2. The molecule has 3 aliphatic rings. The Morgan fingerprint density at radius 3 is 2.17 bits per heavy atom. The van der Waals surface area contributed by atoms with Crippen LogP contribution in [0.3, 0.4) is 0 Å². The molecule has 0 aromatic heterocycles. The van der Waals surface area contributed by atoms with Gasteiger partial charge < -0.3 is 68.1 Å². The second-order valence-electron chi connectivity index (χ2n) is 18.9. The van der Waals surface area contributed by atoms with Crippen molar-refractivity contribution in [3.63, 3.8) is 0 Å². The zero-order valence-corrected chi connectivity index (χ0v) is 38.9. The number of cyclic esters (lactones) is 1. The lowest BCUT2D eigenvalue weighted by Gasteiger charge is -2.49. The molecule has 0 radical (unpaired) electrons. The summed E-state index contributed by atoms with van der Waals surface area (Å²) < 4.78 is 51.0. The van der Waals surface area contributed by atoms with Crippen molar-refractivity contribution in [2.24, 2.45) is 17.8 Å². The number of ether oxygens (including phenoxy) is 8. The third-order valence-corrected chi connectivity index (χ3v) is 13.5. The Morgan fingerprint density at radius 2 is 1.57 bits per heavy atom. The summed E-state index contributed by atoms with van der Waals surface area (Å²) in [6.07, 6.45) is -7.69. The first-order valence-electron chi connectivity index (χ1n) is 21.8. The fourth-order valence-corrected chi connectivity index (χ4v) is 9.68. The fraction of sp³-hybridized carbons (Fsp3) is 0.844. The van der Waals surface area contributed by atoms with E-state index in [4.69, 9.17) is 37.9 Å². The first-order chi connectivity index (χ1) is 27.9. The van der Waals surface area contributed by atoms with Gasteiger partial charge >= 0.3 is 5.97 Å². The van der Waals surface area contributed by atoms with Gasteiger partial charge in [-0.2, -0.15) is 0 Å². The number of esters is 1. The maximum Gasteiger partial charge on any atom is 0.311 e. The van der Waals surface area contributed by atoms with Crippen molar-refractivity contribution in [3.8, 4) is 11.5 Å². The third kappa shape index (κ3) is 11.5. The molecule has 1 aromatic rings. The molecule has 4 rings (SSSR count). The van der Waals surface area contributed by atoms with Crippen LogP contribution < -0.4 is 9.47 Å². The number of nitrogens with zero attached hydrogens (tertiary/aromatic N) is 2. The Labute approximate surface area is 358 Å². The molecule has 0 aliphatic carbocycles. The first-order valence-corrected chi connectivity index (χ1v) is 21.8. The average molecular weight is 855 g/mol. The van der Waals surface area contributed by atoms with E-state index in [2.05, 4.69) is 4.90 Å². The summed E-state index contributed by atoms with van der Waals surface area (Å²) in [4.78, 5) is 18.5. The molecule has 60 heavy (non-hydrogen) atoms. The Bertz CT molecular complexity index is 1510. The molecule has 0 saturated carbocycles. The Hall–Kier alpha value is -2.15. The number of aliphatic hydroxyl groups is 4. The molecule has 1 aromatic carbocycles. The Morgan fingerprint density at radius 1 is 0.917 bits per heavy atom. The summed E-state index contributed by atoms with van der Waals surface area (Å²) in [6, 6.07) is 6.62. The van der Waals surface area contributed by atoms with Crippen LogP contribution in [0.2, 0.25) is 0 Å². The van der Waals surface area contributed by atoms with Gasteiger partial charge in [-0.05, 0) is 107 Å². The van der Waals surface area contributed by atoms with E-state index in [0.717, 1.165) is 0 Å². The van der Waals surface area contributed by atoms with Crippen LogP contribution in [-0.4, -0.2) is 168 Å². The highest BCUT2D eigenvalue weighted by atomic mass is 16.7. The molecule has 4 N–H and O–H groups in total. The van der Waals surface area contributed by atoms with E-state index in [0.29, 0.717) is 24.5 Å². The lowest BCUT2D eigenvalue weighted by molar-refractivity contribution is -0.316. The number of carbonyl (C=O) groups is 1. The fourth-order valence-electron chi connectivity index (χ4n) is 9.68. The van der Waals surface area contributed by atoms with E-state index >= 15 is 0 Å². The van der Waals surface area contributed by atoms with Gasteiger partial charge in [0.25, 0.3) is 0 Å². The van der Waals surface area contributed by atoms with E-state index in [1.807, 2.05) is 71.9 Å². The van der Waals surface area contributed by atoms with Crippen LogP contribution in [0.1, 0.15) is 94.9 Å². The summed E-state index contributed by atoms with van der Waals surface area (Å²) in [5, 5.41) is 47.4. The van der Waals surface area contributed by atoms with Gasteiger partial charge in [0.05, 0.1) is 54.7 Å². The van der Waals surface area contributed by atoms with Crippen molar-refractivity contribution >= 4 is 5.97 Å². The summed E-state index contributed by atoms with van der Waals surface area (Å²) >= 11 is 0. The van der Waals surface area contributed by atoms with E-state index in [1.165, 1.54) is 14.0 Å². The molecule has 0 unspecified atom stereocenters. The van der Waals surface area contributed by atoms with Gasteiger partial charge in [-0.15, -0.1) is 0 Å². The van der Waals surface area contributed by atoms with Crippen LogP contribution in [0.15, 0.2) is 24.3 Å². The second kappa shape index (κ2) is 20.6. The van der Waals surface area contributed by atoms with Crippen LogP contribution in [-0.2, 0) is 33.2 Å². The van der Waals surface area contributed by atoms with Gasteiger partial charge in [0.2, 0.25) is 0 Å². The average Bonchev–Trinajstić information content (AvgIpc) is 3.18. The van der Waals surface area contributed by atoms with Crippen LogP contribution >= 0.6 is 0 Å². The van der Waals surface area contributed by atoms with Crippen molar-refractivity contribution in [1.82, 2.24) is 9.80 Å². The SMILES string of the molecule is CC[C@H]1OC(=O)[C@H](C)[C@@H](O[C@H]2C[C@@](C)(OC)[C@@H](O)[C@H](C)O2)[C@H](C)[C@@H](O[C@@H]2O[C@H](C)C[C@H](N(C)C)[C@H]2Oc2cccc(OC)c2)[C@](C)(O)C[C@@H](C)CN(C)[C@H](C)[C@@H](O)[C@]1(C)O. The first kappa shape index (κ1) is 50.5. The normalized spacial score (nSPS) is 44.4. The van der Waals surface area contributed by atoms with Crippen LogP contribution in [0, 0.1) is 17.8 Å². The molecule has 3 heterocycles. The maximum absolute atomic E-state index is 14.5. The lowest BCUT2D eigenvalue weighted by Crippen LogP contribution is -2.61. The summed E-state index contributed by atoms with van der Waals surface area (Å²) in [5.74, 6) is -1.42. The maximum atomic E-state index is 14.5. The second-order valence-corrected chi connectivity index (χ2v) is 18.9. The van der Waals surface area contributed by atoms with E-state index in [-0.39, 0.29) is 37.3 Å². The van der Waals surface area contributed by atoms with Gasteiger partial charge in [-0.1, -0.05) is 26.8 Å². The zero-order valence-electron chi connectivity index (χ0n) is 38.9. The standard InChI is InChI=1S/C45H78N2O13/c1-16-34-45(10,52)38(48)29(6)47(13)24-25(2)22-43(8,51)40(27(4)36(28(5)41(50)58-34)59-35-23-44(9,54-15)39(49)30(7)56-35)60-42-37(33(46(11)12)20-26(3)55-42)57-32-19-17-18-31(21-32)53-14/h17-19,21,25-30,33-40,42,48-49,51-52H,16,20,22-24H2,1-15H3/t25-,26-,27+,28-,29-,30+,33+,34-,35+,36+,37-,38-,39+,40-,42+,43-,44-,45-/m1/s1. The van der Waals surface area contributed by atoms with Gasteiger partial charge in [-0.3, -0.25) is 4.79 Å². The number of carbonyl (C=O) groups excluding carboxylic acids is 1. The smallest absolute Gasteiger partial charge is 0.311 e. The van der Waals surface area contributed by atoms with E-state index in [1.54, 1.807) is 47.8 Å². The lowest BCUT2D eigenvalue weighted by atomic mass is 9.77. The molecular weight excluding hydrogens is 776 g/mol. The molecule has 346 valence electrons. The highest BCUT2D eigenvalue weighted by Gasteiger charge is 2.53. The molecule has 3 saturated heterocycles. The monoisotopic (exact) mass is 855 g/mol. The highest BCUT2D eigenvalue weighted by molar-refractivity contribution is 5.73. The number of hydrogen-bond acceptors (Lipinski definition) is 15. The Kier molecular flexibility index (Phi) is 17.3. The van der Waals surface area contributed by atoms with Crippen LogP contribution in [0.25, 0.3) is 0 Å². The van der Waals surface area contributed by atoms with Crippen LogP contribution in [0.4, 0.5) is 0 Å². The predicted molar refractivity (Wildman–Crippen MR) is 226 cm³/mol. The molecule has 3 aliphatic heterocycles. The van der Waals surface area contributed by atoms with Crippen molar-refractivity contribution in [1.29, 1.82) is 0 Å². The molecule has 18 atom stereocenters. The third-order valence-electron chi connectivity index (χ3n) is 13.5. The number of rotatable bonds is 10. The van der Waals surface area contributed by atoms with E-state index in [9.17, 15) is 25.2 Å². The van der Waals surface area contributed by atoms with Crippen molar-refractivity contribution < 1.29 is 63.1 Å². The largest absolute Gasteiger partial charge is 0.497 e. The molecule has 15 nitrogen and oxygen atoms in total. The summed E-state index contributed by atoms with van der Waals surface area (Å²) in [5.41, 5.74) is -4.41. The predicted octanol–water partition coefficient (Wildman–Crippen LogP) is 4.00.